The fourth-order valence-electron chi connectivity index (χ4n) is 4.91. The average Bonchev–Trinajstić information content (AvgIpc) is 2.93. The molecule has 11 heteroatoms. The third kappa shape index (κ3) is 6.25. The van der Waals surface area contributed by atoms with Gasteiger partial charge in [0.05, 0.1) is 17.4 Å². The van der Waals surface area contributed by atoms with E-state index >= 15 is 0 Å². The van der Waals surface area contributed by atoms with Crippen LogP contribution >= 0.6 is 0 Å². The van der Waals surface area contributed by atoms with E-state index < -0.39 is 35.1 Å². The van der Waals surface area contributed by atoms with Crippen molar-refractivity contribution < 1.29 is 28.8 Å². The van der Waals surface area contributed by atoms with Crippen LogP contribution in [0.25, 0.3) is 0 Å². The summed E-state index contributed by atoms with van der Waals surface area (Å²) in [5.74, 6) is -2.50. The molecular weight excluding hydrogens is 519 g/mol. The predicted octanol–water partition coefficient (Wildman–Crippen LogP) is 4.42. The normalized spacial score (nSPS) is 17.7. The SMILES string of the molecule is CC1CN(c2ccc(C(=O)NC(CC(=O)O)c3ccc(F)cc3)cc2[N+](=O)[O-])C(C)CN1C(=O)c1ccccc1. The van der Waals surface area contributed by atoms with Crippen LogP contribution in [0.4, 0.5) is 15.8 Å². The van der Waals surface area contributed by atoms with Gasteiger partial charge in [0.2, 0.25) is 0 Å². The average molecular weight is 549 g/mol. The van der Waals surface area contributed by atoms with Crippen molar-refractivity contribution >= 4 is 29.2 Å². The molecule has 3 aromatic carbocycles. The first-order valence-corrected chi connectivity index (χ1v) is 12.7. The number of nitrogens with one attached hydrogen (secondary N) is 1. The zero-order valence-corrected chi connectivity index (χ0v) is 22.0. The van der Waals surface area contributed by atoms with Gasteiger partial charge in [0.15, 0.2) is 0 Å². The summed E-state index contributed by atoms with van der Waals surface area (Å²) in [5.41, 5.74) is 0.957. The van der Waals surface area contributed by atoms with E-state index in [-0.39, 0.29) is 29.2 Å². The van der Waals surface area contributed by atoms with Crippen LogP contribution in [0.1, 0.15) is 52.6 Å². The lowest BCUT2D eigenvalue weighted by Gasteiger charge is -2.45. The van der Waals surface area contributed by atoms with E-state index in [0.717, 1.165) is 18.2 Å². The van der Waals surface area contributed by atoms with Gasteiger partial charge < -0.3 is 20.2 Å². The van der Waals surface area contributed by atoms with Crippen molar-refractivity contribution in [3.8, 4) is 0 Å². The Hall–Kier alpha value is -4.80. The number of piperazine rings is 1. The van der Waals surface area contributed by atoms with Crippen molar-refractivity contribution in [1.29, 1.82) is 0 Å². The predicted molar refractivity (Wildman–Crippen MR) is 146 cm³/mol. The number of carboxylic acids is 1. The quantitative estimate of drug-likeness (QED) is 0.315. The molecule has 0 aliphatic carbocycles. The molecule has 0 aromatic heterocycles. The minimum Gasteiger partial charge on any atom is -0.481 e. The third-order valence-electron chi connectivity index (χ3n) is 6.97. The van der Waals surface area contributed by atoms with E-state index in [4.69, 9.17) is 0 Å². The van der Waals surface area contributed by atoms with Crippen LogP contribution < -0.4 is 10.2 Å². The lowest BCUT2D eigenvalue weighted by Crippen LogP contribution is -2.58. The fourth-order valence-corrected chi connectivity index (χ4v) is 4.91. The Bertz CT molecular complexity index is 1420. The van der Waals surface area contributed by atoms with Crippen LogP contribution in [-0.4, -0.2) is 57.9 Å². The van der Waals surface area contributed by atoms with Crippen molar-refractivity contribution in [3.05, 3.63) is 105 Å². The van der Waals surface area contributed by atoms with Gasteiger partial charge >= 0.3 is 5.97 Å². The molecule has 2 amide bonds. The summed E-state index contributed by atoms with van der Waals surface area (Å²) in [6, 6.07) is 16.6. The summed E-state index contributed by atoms with van der Waals surface area (Å²) in [6.07, 6.45) is -0.459. The number of carbonyl (C=O) groups is 3. The number of nitro benzene ring substituents is 1. The molecule has 208 valence electrons. The number of carboxylic acid groups (broad SMARTS) is 1. The molecule has 1 saturated heterocycles. The number of amides is 2. The molecule has 1 heterocycles. The summed E-state index contributed by atoms with van der Waals surface area (Å²) in [5, 5.41) is 24.0. The monoisotopic (exact) mass is 548 g/mol. The first-order valence-electron chi connectivity index (χ1n) is 12.7. The zero-order chi connectivity index (χ0) is 29.0. The molecule has 1 aliphatic heterocycles. The Morgan fingerprint density at radius 1 is 1.00 bits per heavy atom. The number of nitro groups is 1. The van der Waals surface area contributed by atoms with Gasteiger partial charge in [-0.05, 0) is 55.8 Å². The molecule has 3 atom stereocenters. The van der Waals surface area contributed by atoms with Crippen LogP contribution in [0.5, 0.6) is 0 Å². The highest BCUT2D eigenvalue weighted by atomic mass is 19.1. The zero-order valence-electron chi connectivity index (χ0n) is 22.0. The minimum absolute atomic E-state index is 0.0217. The van der Waals surface area contributed by atoms with Gasteiger partial charge in [-0.3, -0.25) is 24.5 Å². The molecule has 40 heavy (non-hydrogen) atoms. The summed E-state index contributed by atoms with van der Waals surface area (Å²) in [6.45, 7) is 4.45. The van der Waals surface area contributed by atoms with Crippen molar-refractivity contribution in [2.75, 3.05) is 18.0 Å². The molecule has 1 aliphatic rings. The second-order valence-electron chi connectivity index (χ2n) is 9.81. The molecule has 4 rings (SSSR count). The number of benzene rings is 3. The van der Waals surface area contributed by atoms with E-state index in [1.54, 1.807) is 29.2 Å². The molecule has 0 bridgehead atoms. The van der Waals surface area contributed by atoms with Gasteiger partial charge in [-0.1, -0.05) is 30.3 Å². The summed E-state index contributed by atoms with van der Waals surface area (Å²) in [4.78, 5) is 52.6. The maximum absolute atomic E-state index is 13.4. The highest BCUT2D eigenvalue weighted by Crippen LogP contribution is 2.33. The van der Waals surface area contributed by atoms with Gasteiger partial charge in [0, 0.05) is 42.4 Å². The van der Waals surface area contributed by atoms with Gasteiger partial charge in [0.25, 0.3) is 17.5 Å². The van der Waals surface area contributed by atoms with Gasteiger partial charge in [-0.15, -0.1) is 0 Å². The first-order chi connectivity index (χ1) is 19.0. The fraction of sp³-hybridized carbons (Fsp3) is 0.276. The van der Waals surface area contributed by atoms with E-state index in [0.29, 0.717) is 29.9 Å². The van der Waals surface area contributed by atoms with Crippen molar-refractivity contribution in [2.45, 2.75) is 38.4 Å². The Balaban J connectivity index is 1.56. The number of halogens is 1. The lowest BCUT2D eigenvalue weighted by atomic mass is 10.0. The van der Waals surface area contributed by atoms with Gasteiger partial charge in [-0.2, -0.15) is 0 Å². The van der Waals surface area contributed by atoms with Crippen LogP contribution in [0.15, 0.2) is 72.8 Å². The number of anilines is 1. The molecule has 0 saturated carbocycles. The van der Waals surface area contributed by atoms with Crippen molar-refractivity contribution in [1.82, 2.24) is 10.2 Å². The first kappa shape index (κ1) is 28.2. The molecule has 2 N–H and O–H groups in total. The highest BCUT2D eigenvalue weighted by molar-refractivity contribution is 5.96. The Kier molecular flexibility index (Phi) is 8.42. The maximum atomic E-state index is 13.4. The standard InChI is InChI=1S/C29H29FN4O6/c1-18-17-33(29(38)21-6-4-3-5-7-21)19(2)16-32(18)25-13-10-22(14-26(25)34(39)40)28(37)31-24(15-27(35)36)20-8-11-23(30)12-9-20/h3-14,18-19,24H,15-17H2,1-2H3,(H,31,37)(H,35,36). The summed E-state index contributed by atoms with van der Waals surface area (Å²) < 4.78 is 13.4. The van der Waals surface area contributed by atoms with Crippen LogP contribution in [-0.2, 0) is 4.79 Å². The number of rotatable bonds is 8. The number of carbonyl (C=O) groups excluding carboxylic acids is 2. The number of aliphatic carboxylic acids is 1. The molecule has 10 nitrogen and oxygen atoms in total. The molecule has 3 unspecified atom stereocenters. The lowest BCUT2D eigenvalue weighted by molar-refractivity contribution is -0.384. The topological polar surface area (TPSA) is 133 Å². The Labute approximate surface area is 230 Å². The van der Waals surface area contributed by atoms with E-state index in [9.17, 15) is 34.0 Å². The molecular formula is C29H29FN4O6. The molecule has 3 aromatic rings. The number of nitrogens with zero attached hydrogens (tertiary/aromatic N) is 3. The van der Waals surface area contributed by atoms with Crippen LogP contribution in [0.2, 0.25) is 0 Å². The van der Waals surface area contributed by atoms with Crippen LogP contribution in [0, 0.1) is 15.9 Å². The summed E-state index contributed by atoms with van der Waals surface area (Å²) in [7, 11) is 0. The number of hydrogen-bond acceptors (Lipinski definition) is 6. The molecule has 1 fully saturated rings. The second kappa shape index (κ2) is 11.9. The largest absolute Gasteiger partial charge is 0.481 e. The third-order valence-corrected chi connectivity index (χ3v) is 6.97. The molecule has 0 radical (unpaired) electrons. The Morgan fingerprint density at radius 2 is 1.68 bits per heavy atom. The minimum atomic E-state index is -1.18. The Morgan fingerprint density at radius 3 is 2.30 bits per heavy atom. The van der Waals surface area contributed by atoms with E-state index in [2.05, 4.69) is 5.32 Å². The molecule has 0 spiro atoms. The highest BCUT2D eigenvalue weighted by Gasteiger charge is 2.35. The van der Waals surface area contributed by atoms with Crippen molar-refractivity contribution in [3.63, 3.8) is 0 Å². The smallest absolute Gasteiger partial charge is 0.305 e. The van der Waals surface area contributed by atoms with Gasteiger partial charge in [-0.25, -0.2) is 4.39 Å². The van der Waals surface area contributed by atoms with E-state index in [1.165, 1.54) is 24.3 Å². The van der Waals surface area contributed by atoms with E-state index in [1.807, 2.05) is 24.8 Å². The second-order valence-corrected chi connectivity index (χ2v) is 9.81. The van der Waals surface area contributed by atoms with Gasteiger partial charge in [0.1, 0.15) is 11.5 Å². The van der Waals surface area contributed by atoms with Crippen LogP contribution in [0.3, 0.4) is 0 Å². The maximum Gasteiger partial charge on any atom is 0.305 e. The number of hydrogen-bond donors (Lipinski definition) is 2. The van der Waals surface area contributed by atoms with Crippen molar-refractivity contribution in [2.24, 2.45) is 0 Å². The summed E-state index contributed by atoms with van der Waals surface area (Å²) >= 11 is 0.